The van der Waals surface area contributed by atoms with Gasteiger partial charge in [0.25, 0.3) is 5.69 Å². The number of carbonyl (C=O) groups is 1. The largest absolute Gasteiger partial charge is 0.492 e. The van der Waals surface area contributed by atoms with Gasteiger partial charge in [0.05, 0.1) is 11.5 Å². The molecular weight excluding hydrogens is 370 g/mol. The van der Waals surface area contributed by atoms with Gasteiger partial charge < -0.3 is 14.5 Å². The number of amides is 1. The number of hydrogen-bond donors (Lipinski definition) is 0. The van der Waals surface area contributed by atoms with Crippen LogP contribution in [0.3, 0.4) is 0 Å². The average molecular weight is 397 g/mol. The molecule has 0 aromatic heterocycles. The van der Waals surface area contributed by atoms with E-state index in [1.807, 2.05) is 42.2 Å². The molecule has 7 nitrogen and oxygen atoms in total. The minimum absolute atomic E-state index is 0.0574. The van der Waals surface area contributed by atoms with Crippen LogP contribution in [0, 0.1) is 23.0 Å². The first-order valence-electron chi connectivity index (χ1n) is 9.88. The third-order valence-electron chi connectivity index (χ3n) is 5.32. The molecule has 1 aliphatic rings. The molecular formula is C22H27N3O4. The second-order valence-electron chi connectivity index (χ2n) is 7.43. The van der Waals surface area contributed by atoms with Gasteiger partial charge in [0, 0.05) is 32.1 Å². The number of nitro benzene ring substituents is 1. The number of benzene rings is 2. The van der Waals surface area contributed by atoms with Gasteiger partial charge in [-0.15, -0.1) is 0 Å². The normalized spacial score (nSPS) is 14.5. The molecule has 1 fully saturated rings. The topological polar surface area (TPSA) is 75.9 Å². The lowest BCUT2D eigenvalue weighted by Gasteiger charge is -2.34. The third-order valence-corrected chi connectivity index (χ3v) is 5.32. The van der Waals surface area contributed by atoms with Crippen molar-refractivity contribution in [1.82, 2.24) is 4.90 Å². The molecule has 0 unspecified atom stereocenters. The van der Waals surface area contributed by atoms with Crippen molar-refractivity contribution in [3.63, 3.8) is 0 Å². The molecule has 0 bridgehead atoms. The van der Waals surface area contributed by atoms with Crippen molar-refractivity contribution in [2.45, 2.75) is 19.8 Å². The molecule has 0 spiro atoms. The summed E-state index contributed by atoms with van der Waals surface area (Å²) in [6.07, 6.45) is 1.38. The standard InChI is InChI=1S/C22H27N3O4/c1-17-6-5-7-19(16-17)29-15-14-23(2)22(26)18-10-12-24(13-11-18)20-8-3-4-9-21(20)25(27)28/h3-9,16,18H,10-15H2,1-2H3. The number of hydrogen-bond acceptors (Lipinski definition) is 5. The Balaban J connectivity index is 1.49. The number of nitrogens with zero attached hydrogens (tertiary/aromatic N) is 3. The van der Waals surface area contributed by atoms with Crippen molar-refractivity contribution < 1.29 is 14.5 Å². The molecule has 0 aliphatic carbocycles. The molecule has 2 aromatic rings. The molecule has 1 heterocycles. The zero-order valence-electron chi connectivity index (χ0n) is 16.9. The predicted molar refractivity (Wildman–Crippen MR) is 112 cm³/mol. The van der Waals surface area contributed by atoms with Crippen molar-refractivity contribution in [1.29, 1.82) is 0 Å². The Bertz CT molecular complexity index is 863. The first-order chi connectivity index (χ1) is 14.0. The lowest BCUT2D eigenvalue weighted by Crippen LogP contribution is -2.42. The Labute approximate surface area is 171 Å². The van der Waals surface area contributed by atoms with E-state index in [0.717, 1.165) is 11.3 Å². The van der Waals surface area contributed by atoms with Crippen LogP contribution in [0.1, 0.15) is 18.4 Å². The first-order valence-corrected chi connectivity index (χ1v) is 9.88. The van der Waals surface area contributed by atoms with Crippen molar-refractivity contribution in [2.24, 2.45) is 5.92 Å². The summed E-state index contributed by atoms with van der Waals surface area (Å²) in [6.45, 7) is 4.25. The van der Waals surface area contributed by atoms with E-state index in [2.05, 4.69) is 0 Å². The van der Waals surface area contributed by atoms with Crippen LogP contribution in [0.2, 0.25) is 0 Å². The summed E-state index contributed by atoms with van der Waals surface area (Å²) in [7, 11) is 1.80. The quantitative estimate of drug-likeness (QED) is 0.526. The summed E-state index contributed by atoms with van der Waals surface area (Å²) >= 11 is 0. The number of carbonyl (C=O) groups excluding carboxylic acids is 1. The van der Waals surface area contributed by atoms with Crippen LogP contribution < -0.4 is 9.64 Å². The average Bonchev–Trinajstić information content (AvgIpc) is 2.73. The summed E-state index contributed by atoms with van der Waals surface area (Å²) in [5.41, 5.74) is 1.88. The van der Waals surface area contributed by atoms with Crippen LogP contribution in [0.4, 0.5) is 11.4 Å². The minimum Gasteiger partial charge on any atom is -0.492 e. The van der Waals surface area contributed by atoms with Crippen molar-refractivity contribution in [3.05, 3.63) is 64.2 Å². The molecule has 0 N–H and O–H groups in total. The van der Waals surface area contributed by atoms with E-state index in [-0.39, 0.29) is 22.4 Å². The van der Waals surface area contributed by atoms with Gasteiger partial charge in [0.15, 0.2) is 0 Å². The molecule has 0 atom stereocenters. The molecule has 154 valence electrons. The molecule has 0 radical (unpaired) electrons. The smallest absolute Gasteiger partial charge is 0.292 e. The van der Waals surface area contributed by atoms with Crippen LogP contribution in [-0.4, -0.2) is 49.0 Å². The molecule has 1 aliphatic heterocycles. The van der Waals surface area contributed by atoms with E-state index < -0.39 is 0 Å². The summed E-state index contributed by atoms with van der Waals surface area (Å²) in [5, 5.41) is 11.3. The highest BCUT2D eigenvalue weighted by Gasteiger charge is 2.29. The van der Waals surface area contributed by atoms with Gasteiger partial charge in [-0.3, -0.25) is 14.9 Å². The fraction of sp³-hybridized carbons (Fsp3) is 0.409. The highest BCUT2D eigenvalue weighted by atomic mass is 16.6. The second-order valence-corrected chi connectivity index (χ2v) is 7.43. The van der Waals surface area contributed by atoms with Crippen molar-refractivity contribution in [2.75, 3.05) is 38.2 Å². The maximum Gasteiger partial charge on any atom is 0.292 e. The Morgan fingerprint density at radius 1 is 1.21 bits per heavy atom. The van der Waals surface area contributed by atoms with Crippen LogP contribution in [-0.2, 0) is 4.79 Å². The molecule has 7 heteroatoms. The van der Waals surface area contributed by atoms with Gasteiger partial charge in [-0.1, -0.05) is 24.3 Å². The first kappa shape index (κ1) is 20.6. The van der Waals surface area contributed by atoms with Gasteiger partial charge in [-0.2, -0.15) is 0 Å². The van der Waals surface area contributed by atoms with E-state index in [1.54, 1.807) is 24.1 Å². The summed E-state index contributed by atoms with van der Waals surface area (Å²) in [4.78, 5) is 27.4. The summed E-state index contributed by atoms with van der Waals surface area (Å²) in [5.74, 6) is 0.863. The Kier molecular flexibility index (Phi) is 6.69. The second kappa shape index (κ2) is 9.41. The minimum atomic E-state index is -0.353. The van der Waals surface area contributed by atoms with Crippen molar-refractivity contribution in [3.8, 4) is 5.75 Å². The Hall–Kier alpha value is -3.09. The maximum atomic E-state index is 12.8. The molecule has 1 saturated heterocycles. The number of ether oxygens (including phenoxy) is 1. The van der Waals surface area contributed by atoms with E-state index in [9.17, 15) is 14.9 Å². The number of para-hydroxylation sites is 2. The van der Waals surface area contributed by atoms with Gasteiger partial charge in [0.2, 0.25) is 5.91 Å². The number of nitro groups is 1. The predicted octanol–water partition coefficient (Wildman–Crippen LogP) is 3.66. The number of anilines is 1. The van der Waals surface area contributed by atoms with E-state index in [4.69, 9.17) is 4.74 Å². The number of aryl methyl sites for hydroxylation is 1. The van der Waals surface area contributed by atoms with E-state index in [1.165, 1.54) is 6.07 Å². The van der Waals surface area contributed by atoms with Gasteiger partial charge in [-0.25, -0.2) is 0 Å². The number of rotatable bonds is 7. The summed E-state index contributed by atoms with van der Waals surface area (Å²) < 4.78 is 5.74. The lowest BCUT2D eigenvalue weighted by atomic mass is 9.95. The Morgan fingerprint density at radius 3 is 2.62 bits per heavy atom. The van der Waals surface area contributed by atoms with Crippen LogP contribution in [0.5, 0.6) is 5.75 Å². The summed E-state index contributed by atoms with van der Waals surface area (Å²) in [6, 6.07) is 14.6. The lowest BCUT2D eigenvalue weighted by molar-refractivity contribution is -0.384. The Morgan fingerprint density at radius 2 is 1.93 bits per heavy atom. The van der Waals surface area contributed by atoms with Gasteiger partial charge in [0.1, 0.15) is 18.0 Å². The maximum absolute atomic E-state index is 12.8. The van der Waals surface area contributed by atoms with Gasteiger partial charge in [-0.05, 0) is 43.5 Å². The number of likely N-dealkylation sites (N-methyl/N-ethyl adjacent to an activating group) is 1. The zero-order valence-corrected chi connectivity index (χ0v) is 16.9. The van der Waals surface area contributed by atoms with Crippen LogP contribution >= 0.6 is 0 Å². The van der Waals surface area contributed by atoms with Crippen LogP contribution in [0.15, 0.2) is 48.5 Å². The molecule has 3 rings (SSSR count). The van der Waals surface area contributed by atoms with E-state index in [0.29, 0.717) is 44.8 Å². The van der Waals surface area contributed by atoms with E-state index >= 15 is 0 Å². The highest BCUT2D eigenvalue weighted by molar-refractivity contribution is 5.79. The molecule has 29 heavy (non-hydrogen) atoms. The zero-order chi connectivity index (χ0) is 20.8. The molecule has 2 aromatic carbocycles. The number of piperidine rings is 1. The van der Waals surface area contributed by atoms with Crippen molar-refractivity contribution >= 4 is 17.3 Å². The highest BCUT2D eigenvalue weighted by Crippen LogP contribution is 2.31. The third kappa shape index (κ3) is 5.25. The fourth-order valence-corrected chi connectivity index (χ4v) is 3.68. The molecule has 1 amide bonds. The fourth-order valence-electron chi connectivity index (χ4n) is 3.68. The monoisotopic (exact) mass is 397 g/mol. The van der Waals surface area contributed by atoms with Gasteiger partial charge >= 0.3 is 0 Å². The molecule has 0 saturated carbocycles. The SMILES string of the molecule is Cc1cccc(OCCN(C)C(=O)C2CCN(c3ccccc3[N+](=O)[O-])CC2)c1. The van der Waals surface area contributed by atoms with Crippen LogP contribution in [0.25, 0.3) is 0 Å².